The second kappa shape index (κ2) is 7.98. The summed E-state index contributed by atoms with van der Waals surface area (Å²) < 4.78 is 5.23. The number of fused-ring (bicyclic) bond motifs is 1. The Kier molecular flexibility index (Phi) is 6.13. The lowest BCUT2D eigenvalue weighted by molar-refractivity contribution is -0.127. The van der Waals surface area contributed by atoms with Gasteiger partial charge in [0, 0.05) is 17.6 Å². The zero-order valence-corrected chi connectivity index (χ0v) is 16.6. The zero-order chi connectivity index (χ0) is 20.2. The second-order valence-electron chi connectivity index (χ2n) is 8.49. The van der Waals surface area contributed by atoms with Crippen LogP contribution in [0, 0.1) is 0 Å². The molecule has 7 heteroatoms. The van der Waals surface area contributed by atoms with Crippen LogP contribution in [0.1, 0.15) is 53.0 Å². The number of rotatable bonds is 4. The first-order valence-electron chi connectivity index (χ1n) is 9.14. The molecule has 3 amide bonds. The van der Waals surface area contributed by atoms with Gasteiger partial charge < -0.3 is 20.7 Å². The molecule has 1 aliphatic rings. The van der Waals surface area contributed by atoms with E-state index in [4.69, 9.17) is 4.74 Å². The largest absolute Gasteiger partial charge is 0.444 e. The van der Waals surface area contributed by atoms with Gasteiger partial charge in [-0.3, -0.25) is 9.59 Å². The van der Waals surface area contributed by atoms with Gasteiger partial charge in [0.1, 0.15) is 11.6 Å². The first-order chi connectivity index (χ1) is 12.5. The molecule has 3 N–H and O–H groups in total. The minimum atomic E-state index is -0.809. The van der Waals surface area contributed by atoms with Crippen LogP contribution < -0.4 is 16.0 Å². The van der Waals surface area contributed by atoms with Crippen LogP contribution in [-0.4, -0.2) is 35.1 Å². The van der Waals surface area contributed by atoms with E-state index < -0.39 is 23.3 Å². The van der Waals surface area contributed by atoms with E-state index >= 15 is 0 Å². The van der Waals surface area contributed by atoms with Crippen molar-refractivity contribution in [2.24, 2.45) is 0 Å². The quantitative estimate of drug-likeness (QED) is 0.754. The Labute approximate surface area is 160 Å². The van der Waals surface area contributed by atoms with Crippen LogP contribution in [0.3, 0.4) is 0 Å². The van der Waals surface area contributed by atoms with Crippen molar-refractivity contribution in [3.8, 4) is 0 Å². The average Bonchev–Trinajstić information content (AvgIpc) is 2.63. The van der Waals surface area contributed by atoms with Gasteiger partial charge in [0.15, 0.2) is 0 Å². The van der Waals surface area contributed by atoms with Gasteiger partial charge in [-0.15, -0.1) is 0 Å². The van der Waals surface area contributed by atoms with Crippen molar-refractivity contribution >= 4 is 23.6 Å². The number of carbonyl (C=O) groups excluding carboxylic acids is 3. The Morgan fingerprint density at radius 1 is 1.19 bits per heavy atom. The Morgan fingerprint density at radius 3 is 2.52 bits per heavy atom. The number of alkyl carbamates (subject to hydrolysis) is 1. The Hall–Kier alpha value is -2.57. The number of benzene rings is 1. The van der Waals surface area contributed by atoms with E-state index in [-0.39, 0.29) is 18.2 Å². The van der Waals surface area contributed by atoms with Gasteiger partial charge in [-0.1, -0.05) is 18.2 Å². The molecular formula is C20H29N3O4. The molecule has 0 saturated heterocycles. The molecule has 1 aromatic rings. The van der Waals surface area contributed by atoms with E-state index in [1.807, 2.05) is 24.3 Å². The van der Waals surface area contributed by atoms with E-state index in [0.717, 1.165) is 11.3 Å². The molecule has 27 heavy (non-hydrogen) atoms. The van der Waals surface area contributed by atoms with E-state index in [1.165, 1.54) is 0 Å². The normalized spacial score (nSPS) is 17.2. The van der Waals surface area contributed by atoms with E-state index in [9.17, 15) is 14.4 Å². The highest BCUT2D eigenvalue weighted by molar-refractivity contribution is 5.98. The van der Waals surface area contributed by atoms with Gasteiger partial charge in [-0.25, -0.2) is 4.79 Å². The third kappa shape index (κ3) is 6.58. The van der Waals surface area contributed by atoms with Gasteiger partial charge in [-0.2, -0.15) is 0 Å². The molecule has 0 fully saturated rings. The zero-order valence-electron chi connectivity index (χ0n) is 16.6. The molecule has 1 aromatic carbocycles. The number of hydrogen-bond acceptors (Lipinski definition) is 4. The summed E-state index contributed by atoms with van der Waals surface area (Å²) in [5.41, 5.74) is 0.410. The summed E-state index contributed by atoms with van der Waals surface area (Å²) >= 11 is 0. The van der Waals surface area contributed by atoms with Gasteiger partial charge in [0.25, 0.3) is 0 Å². The number of hydrogen-bond donors (Lipinski definition) is 3. The number of anilines is 1. The maximum atomic E-state index is 12.4. The lowest BCUT2D eigenvalue weighted by atomic mass is 9.99. The first-order valence-corrected chi connectivity index (χ1v) is 9.14. The van der Waals surface area contributed by atoms with Crippen LogP contribution in [0.4, 0.5) is 10.5 Å². The first kappa shape index (κ1) is 20.7. The minimum absolute atomic E-state index is 0.0307. The van der Waals surface area contributed by atoms with Crippen molar-refractivity contribution in [1.82, 2.24) is 10.6 Å². The molecule has 0 aliphatic carbocycles. The summed E-state index contributed by atoms with van der Waals surface area (Å²) in [6, 6.07) is 7.00. The van der Waals surface area contributed by atoms with Crippen molar-refractivity contribution in [3.63, 3.8) is 0 Å². The molecule has 2 rings (SSSR count). The molecule has 1 atom stereocenters. The Morgan fingerprint density at radius 2 is 1.85 bits per heavy atom. The van der Waals surface area contributed by atoms with E-state index in [1.54, 1.807) is 34.6 Å². The van der Waals surface area contributed by atoms with Crippen LogP contribution >= 0.6 is 0 Å². The fourth-order valence-corrected chi connectivity index (χ4v) is 2.92. The topological polar surface area (TPSA) is 96.5 Å². The summed E-state index contributed by atoms with van der Waals surface area (Å²) in [6.45, 7) is 8.79. The average molecular weight is 375 g/mol. The summed E-state index contributed by atoms with van der Waals surface area (Å²) in [6.07, 6.45) is 0.666. The number of ether oxygens (including phenoxy) is 1. The fraction of sp³-hybridized carbons (Fsp3) is 0.550. The van der Waals surface area contributed by atoms with Crippen LogP contribution in [0.5, 0.6) is 0 Å². The monoisotopic (exact) mass is 375 g/mol. The van der Waals surface area contributed by atoms with E-state index in [2.05, 4.69) is 16.0 Å². The maximum Gasteiger partial charge on any atom is 0.408 e. The van der Waals surface area contributed by atoms with Crippen LogP contribution in [0.15, 0.2) is 24.3 Å². The minimum Gasteiger partial charge on any atom is -0.444 e. The number of para-hydroxylation sites is 1. The molecule has 0 radical (unpaired) electrons. The molecule has 1 heterocycles. The van der Waals surface area contributed by atoms with Gasteiger partial charge in [0.2, 0.25) is 11.8 Å². The van der Waals surface area contributed by atoms with Crippen LogP contribution in [-0.2, 0) is 20.7 Å². The predicted octanol–water partition coefficient (Wildman–Crippen LogP) is 2.75. The summed E-state index contributed by atoms with van der Waals surface area (Å²) in [5.74, 6) is -0.534. The molecule has 1 unspecified atom stereocenters. The second-order valence-corrected chi connectivity index (χ2v) is 8.49. The van der Waals surface area contributed by atoms with E-state index in [0.29, 0.717) is 12.8 Å². The number of carbonyl (C=O) groups is 3. The van der Waals surface area contributed by atoms with Gasteiger partial charge >= 0.3 is 6.09 Å². The summed E-state index contributed by atoms with van der Waals surface area (Å²) in [5, 5.41) is 8.33. The smallest absolute Gasteiger partial charge is 0.408 e. The van der Waals surface area contributed by atoms with Crippen molar-refractivity contribution in [1.29, 1.82) is 0 Å². The fourth-order valence-electron chi connectivity index (χ4n) is 2.92. The molecule has 0 bridgehead atoms. The number of amides is 3. The SMILES string of the molecule is CC(C)(CC(=O)NC1CCc2ccccc2NC1=O)NC(=O)OC(C)(C)C. The maximum absolute atomic E-state index is 12.4. The Bertz CT molecular complexity index is 722. The number of aryl methyl sites for hydroxylation is 1. The van der Waals surface area contributed by atoms with Gasteiger partial charge in [-0.05, 0) is 59.1 Å². The van der Waals surface area contributed by atoms with Crippen LogP contribution in [0.2, 0.25) is 0 Å². The third-order valence-corrected chi connectivity index (χ3v) is 4.07. The highest BCUT2D eigenvalue weighted by Gasteiger charge is 2.30. The molecule has 148 valence electrons. The van der Waals surface area contributed by atoms with Crippen molar-refractivity contribution in [3.05, 3.63) is 29.8 Å². The van der Waals surface area contributed by atoms with Crippen molar-refractivity contribution in [2.75, 3.05) is 5.32 Å². The highest BCUT2D eigenvalue weighted by Crippen LogP contribution is 2.21. The molecular weight excluding hydrogens is 346 g/mol. The Balaban J connectivity index is 1.91. The molecule has 0 saturated carbocycles. The summed E-state index contributed by atoms with van der Waals surface area (Å²) in [4.78, 5) is 36.8. The predicted molar refractivity (Wildman–Crippen MR) is 103 cm³/mol. The lowest BCUT2D eigenvalue weighted by Gasteiger charge is -2.28. The van der Waals surface area contributed by atoms with Crippen molar-refractivity contribution < 1.29 is 19.1 Å². The standard InChI is InChI=1S/C20H29N3O4/c1-19(2,3)27-18(26)23-20(4,5)12-16(24)21-15-11-10-13-8-6-7-9-14(13)22-17(15)25/h6-9,15H,10-12H2,1-5H3,(H,21,24)(H,22,25)(H,23,26). The van der Waals surface area contributed by atoms with Crippen molar-refractivity contribution in [2.45, 2.75) is 71.1 Å². The highest BCUT2D eigenvalue weighted by atomic mass is 16.6. The molecule has 0 aromatic heterocycles. The third-order valence-electron chi connectivity index (χ3n) is 4.07. The van der Waals surface area contributed by atoms with Gasteiger partial charge in [0.05, 0.1) is 0 Å². The molecule has 1 aliphatic heterocycles. The lowest BCUT2D eigenvalue weighted by Crippen LogP contribution is -2.51. The number of nitrogens with one attached hydrogen (secondary N) is 3. The molecule has 0 spiro atoms. The summed E-state index contributed by atoms with van der Waals surface area (Å²) in [7, 11) is 0. The molecule has 7 nitrogen and oxygen atoms in total. The van der Waals surface area contributed by atoms with Crippen LogP contribution in [0.25, 0.3) is 0 Å².